The molecule has 2 heterocycles. The number of nitrogens with zero attached hydrogens (tertiary/aromatic N) is 2. The first-order valence-electron chi connectivity index (χ1n) is 12.1. The molecule has 0 saturated carbocycles. The molecule has 12 heteroatoms. The minimum atomic E-state index is -4.00. The summed E-state index contributed by atoms with van der Waals surface area (Å²) in [6.07, 6.45) is 0.860. The molecule has 1 unspecified atom stereocenters. The Bertz CT molecular complexity index is 949. The lowest BCUT2D eigenvalue weighted by molar-refractivity contribution is -0.128. The number of nitrogens with one attached hydrogen (secondary N) is 2. The van der Waals surface area contributed by atoms with E-state index in [1.54, 1.807) is 12.1 Å². The second-order valence-corrected chi connectivity index (χ2v) is 11.1. The predicted molar refractivity (Wildman–Crippen MR) is 130 cm³/mol. The van der Waals surface area contributed by atoms with Crippen LogP contribution in [0.3, 0.4) is 0 Å². The number of halogens is 1. The third kappa shape index (κ3) is 6.23. The van der Waals surface area contributed by atoms with Crippen LogP contribution in [0.2, 0.25) is 0 Å². The maximum absolute atomic E-state index is 14.5. The van der Waals surface area contributed by atoms with Crippen molar-refractivity contribution in [1.82, 2.24) is 14.9 Å². The van der Waals surface area contributed by atoms with Crippen LogP contribution in [0.15, 0.2) is 18.2 Å². The normalized spacial score (nSPS) is 19.8. The molecule has 198 valence electrons. The number of piperazine rings is 1. The first kappa shape index (κ1) is 27.6. The summed E-state index contributed by atoms with van der Waals surface area (Å²) in [5.74, 6) is -0.864. The zero-order valence-electron chi connectivity index (χ0n) is 20.5. The third-order valence-corrected chi connectivity index (χ3v) is 9.27. The molecule has 0 aliphatic carbocycles. The van der Waals surface area contributed by atoms with Gasteiger partial charge < -0.3 is 30.1 Å². The lowest BCUT2D eigenvalue weighted by atomic mass is 9.96. The number of methoxy groups -OCH3 is 1. The molecule has 0 radical (unpaired) electrons. The summed E-state index contributed by atoms with van der Waals surface area (Å²) in [6, 6.07) is 4.79. The zero-order chi connectivity index (χ0) is 25.5. The van der Waals surface area contributed by atoms with E-state index in [9.17, 15) is 22.7 Å². The standard InChI is InChI=1S/C23H37FN4O6S/c1-3-4-15-34-20-6-5-18(16-19(20)24)27-11-13-28(14-12-27)35(31,32)23(7-9-25-10-8-23)22(30)26-17-21(29)33-2/h5-6,16,21,25,29H,3-4,7-15,17H2,1-2H3,(H,26,30). The number of carbonyl (C=O) groups excluding carboxylic acids is 1. The number of benzene rings is 1. The molecule has 3 N–H and O–H groups in total. The van der Waals surface area contributed by atoms with Crippen molar-refractivity contribution in [2.45, 2.75) is 43.6 Å². The minimum Gasteiger partial charge on any atom is -0.491 e. The van der Waals surface area contributed by atoms with Gasteiger partial charge >= 0.3 is 0 Å². The van der Waals surface area contributed by atoms with Crippen molar-refractivity contribution in [2.24, 2.45) is 0 Å². The average molecular weight is 517 g/mol. The van der Waals surface area contributed by atoms with E-state index in [4.69, 9.17) is 9.47 Å². The second kappa shape index (κ2) is 12.3. The fraction of sp³-hybridized carbons (Fsp3) is 0.696. The van der Waals surface area contributed by atoms with Crippen LogP contribution in [0.4, 0.5) is 10.1 Å². The van der Waals surface area contributed by atoms with Crippen LogP contribution in [0.1, 0.15) is 32.6 Å². The summed E-state index contributed by atoms with van der Waals surface area (Å²) in [4.78, 5) is 15.0. The van der Waals surface area contributed by atoms with Gasteiger partial charge in [0.25, 0.3) is 0 Å². The van der Waals surface area contributed by atoms with Crippen LogP contribution in [-0.4, -0.2) is 94.3 Å². The first-order valence-corrected chi connectivity index (χ1v) is 13.6. The largest absolute Gasteiger partial charge is 0.491 e. The minimum absolute atomic E-state index is 0.134. The topological polar surface area (TPSA) is 120 Å². The van der Waals surface area contributed by atoms with Crippen LogP contribution in [-0.2, 0) is 19.6 Å². The number of amides is 1. The van der Waals surface area contributed by atoms with Gasteiger partial charge in [-0.2, -0.15) is 4.31 Å². The predicted octanol–water partition coefficient (Wildman–Crippen LogP) is 0.660. The van der Waals surface area contributed by atoms with Crippen molar-refractivity contribution in [1.29, 1.82) is 0 Å². The fourth-order valence-corrected chi connectivity index (χ4v) is 6.59. The molecule has 2 aliphatic rings. The maximum Gasteiger partial charge on any atom is 0.243 e. The zero-order valence-corrected chi connectivity index (χ0v) is 21.3. The highest BCUT2D eigenvalue weighted by Crippen LogP contribution is 2.33. The number of unbranched alkanes of at least 4 members (excludes halogenated alkanes) is 1. The van der Waals surface area contributed by atoms with E-state index in [1.807, 2.05) is 11.8 Å². The van der Waals surface area contributed by atoms with Gasteiger partial charge in [-0.15, -0.1) is 0 Å². The summed E-state index contributed by atoms with van der Waals surface area (Å²) in [6.45, 7) is 4.19. The molecular weight excluding hydrogens is 479 g/mol. The van der Waals surface area contributed by atoms with E-state index in [-0.39, 0.29) is 38.2 Å². The van der Waals surface area contributed by atoms with E-state index in [0.29, 0.717) is 38.5 Å². The van der Waals surface area contributed by atoms with Gasteiger partial charge in [0.05, 0.1) is 13.2 Å². The summed E-state index contributed by atoms with van der Waals surface area (Å²) >= 11 is 0. The van der Waals surface area contributed by atoms with Gasteiger partial charge in [-0.05, 0) is 44.5 Å². The summed E-state index contributed by atoms with van der Waals surface area (Å²) in [5.41, 5.74) is 0.658. The summed E-state index contributed by atoms with van der Waals surface area (Å²) in [5, 5.41) is 15.3. The Hall–Kier alpha value is -1.99. The lowest BCUT2D eigenvalue weighted by Crippen LogP contribution is -2.64. The number of aliphatic hydroxyl groups excluding tert-OH is 1. The highest BCUT2D eigenvalue weighted by atomic mass is 32.2. The highest BCUT2D eigenvalue weighted by molar-refractivity contribution is 7.91. The third-order valence-electron chi connectivity index (χ3n) is 6.64. The highest BCUT2D eigenvalue weighted by Gasteiger charge is 2.54. The van der Waals surface area contributed by atoms with Crippen molar-refractivity contribution in [3.05, 3.63) is 24.0 Å². The molecule has 0 bridgehead atoms. The molecule has 2 saturated heterocycles. The number of ether oxygens (including phenoxy) is 2. The number of hydrogen-bond acceptors (Lipinski definition) is 8. The number of hydrogen-bond donors (Lipinski definition) is 3. The molecule has 0 spiro atoms. The molecule has 2 aliphatic heterocycles. The Morgan fingerprint density at radius 1 is 1.26 bits per heavy atom. The molecule has 0 aromatic heterocycles. The van der Waals surface area contributed by atoms with Crippen LogP contribution in [0.25, 0.3) is 0 Å². The van der Waals surface area contributed by atoms with Gasteiger partial charge in [0.2, 0.25) is 15.9 Å². The molecule has 1 aromatic carbocycles. The van der Waals surface area contributed by atoms with E-state index in [1.165, 1.54) is 17.5 Å². The quantitative estimate of drug-likeness (QED) is 0.290. The molecule has 1 atom stereocenters. The average Bonchev–Trinajstić information content (AvgIpc) is 2.88. The van der Waals surface area contributed by atoms with Crippen LogP contribution in [0.5, 0.6) is 5.75 Å². The van der Waals surface area contributed by atoms with Gasteiger partial charge in [-0.1, -0.05) is 13.3 Å². The van der Waals surface area contributed by atoms with Gasteiger partial charge in [0.15, 0.2) is 22.6 Å². The molecule has 10 nitrogen and oxygen atoms in total. The lowest BCUT2D eigenvalue weighted by Gasteiger charge is -2.42. The molecule has 35 heavy (non-hydrogen) atoms. The van der Waals surface area contributed by atoms with Gasteiger partial charge in [0.1, 0.15) is 0 Å². The number of piperidine rings is 1. The number of rotatable bonds is 11. The van der Waals surface area contributed by atoms with E-state index < -0.39 is 32.8 Å². The first-order chi connectivity index (χ1) is 16.7. The number of aliphatic hydroxyl groups is 1. The van der Waals surface area contributed by atoms with Crippen LogP contribution >= 0.6 is 0 Å². The Morgan fingerprint density at radius 3 is 2.54 bits per heavy atom. The molecular formula is C23H37FN4O6S. The smallest absolute Gasteiger partial charge is 0.243 e. The number of anilines is 1. The Morgan fingerprint density at radius 2 is 1.94 bits per heavy atom. The number of sulfonamides is 1. The Labute approximate surface area is 206 Å². The molecule has 1 aromatic rings. The Kier molecular flexibility index (Phi) is 9.70. The summed E-state index contributed by atoms with van der Waals surface area (Å²) < 4.78 is 51.9. The van der Waals surface area contributed by atoms with Gasteiger partial charge in [-0.3, -0.25) is 4.79 Å². The Balaban J connectivity index is 1.68. The van der Waals surface area contributed by atoms with Crippen LogP contribution < -0.4 is 20.3 Å². The van der Waals surface area contributed by atoms with Gasteiger partial charge in [0, 0.05) is 45.0 Å². The van der Waals surface area contributed by atoms with Gasteiger partial charge in [-0.25, -0.2) is 12.8 Å². The fourth-order valence-electron chi connectivity index (χ4n) is 4.42. The van der Waals surface area contributed by atoms with Crippen molar-refractivity contribution < 1.29 is 32.2 Å². The van der Waals surface area contributed by atoms with Crippen molar-refractivity contribution in [3.63, 3.8) is 0 Å². The molecule has 2 fully saturated rings. The van der Waals surface area contributed by atoms with Crippen molar-refractivity contribution >= 4 is 21.6 Å². The van der Waals surface area contributed by atoms with E-state index >= 15 is 0 Å². The van der Waals surface area contributed by atoms with Crippen LogP contribution in [0, 0.1) is 5.82 Å². The molecule has 3 rings (SSSR count). The van der Waals surface area contributed by atoms with E-state index in [0.717, 1.165) is 12.8 Å². The SMILES string of the molecule is CCCCOc1ccc(N2CCN(S(=O)(=O)C3(C(=O)NCC(O)OC)CCNCC3)CC2)cc1F. The second-order valence-electron chi connectivity index (χ2n) is 8.85. The summed E-state index contributed by atoms with van der Waals surface area (Å²) in [7, 11) is -2.70. The van der Waals surface area contributed by atoms with E-state index in [2.05, 4.69) is 10.6 Å². The molecule has 1 amide bonds. The van der Waals surface area contributed by atoms with Crippen molar-refractivity contribution in [3.8, 4) is 5.75 Å². The maximum atomic E-state index is 14.5. The van der Waals surface area contributed by atoms with Crippen molar-refractivity contribution in [2.75, 3.05) is 64.4 Å². The monoisotopic (exact) mass is 516 g/mol. The number of carbonyl (C=O) groups is 1.